The van der Waals surface area contributed by atoms with E-state index in [4.69, 9.17) is 40.1 Å². The van der Waals surface area contributed by atoms with Crippen LogP contribution in [0.15, 0.2) is 0 Å². The highest BCUT2D eigenvalue weighted by atomic mass is 16.2. The fraction of sp³-hybridized carbons (Fsp3) is 0.824. The molecule has 14 atom stereocenters. The zero-order valence-corrected chi connectivity index (χ0v) is 75.8. The molecular formula is C85H161N21O15. The van der Waals surface area contributed by atoms with E-state index in [1.165, 1.54) is 11.8 Å². The van der Waals surface area contributed by atoms with E-state index >= 15 is 4.79 Å². The van der Waals surface area contributed by atoms with E-state index in [2.05, 4.69) is 69.1 Å². The van der Waals surface area contributed by atoms with Gasteiger partial charge in [0.15, 0.2) is 0 Å². The van der Waals surface area contributed by atoms with Gasteiger partial charge in [-0.1, -0.05) is 96.9 Å². The Bertz CT molecular complexity index is 3180. The molecule has 0 aliphatic carbocycles. The molecule has 0 radical (unpaired) electrons. The van der Waals surface area contributed by atoms with Crippen LogP contribution in [0.25, 0.3) is 0 Å². The maximum absolute atomic E-state index is 15.1. The molecule has 0 aromatic heterocycles. The lowest BCUT2D eigenvalue weighted by Gasteiger charge is -2.32. The minimum absolute atomic E-state index is 0.000265. The molecule has 121 heavy (non-hydrogen) atoms. The molecule has 15 amide bonds. The van der Waals surface area contributed by atoms with E-state index in [-0.39, 0.29) is 158 Å². The molecule has 0 aromatic rings. The molecular weight excluding hydrogens is 1560 g/mol. The first-order valence-corrected chi connectivity index (χ1v) is 44.8. The minimum atomic E-state index is -1.28. The van der Waals surface area contributed by atoms with Crippen molar-refractivity contribution in [2.24, 2.45) is 81.6 Å². The molecule has 0 bridgehead atoms. The summed E-state index contributed by atoms with van der Waals surface area (Å²) in [5.41, 5.74) is 40.9. The third-order valence-corrected chi connectivity index (χ3v) is 20.8. The summed E-state index contributed by atoms with van der Waals surface area (Å²) in [6.07, 6.45) is 7.49. The maximum atomic E-state index is 15.1. The average Bonchev–Trinajstić information content (AvgIpc) is 1.63. The fourth-order valence-corrected chi connectivity index (χ4v) is 14.5. The molecule has 1 aliphatic rings. The standard InChI is InChI=1S/C85H161N21O15/c1-50(2)43-64(72(92)108)100-75(111)59(30-17-23-37-87)97-80(116)66(45-52(5)6)103-82(118)69(48-55(11)12)102-77(113)61(32-19-25-39-89)95-74(110)63(34-21-27-41-91)99-84(120)71-35-28-42-106(71)85(121)70(49-56(13)14)105-78(114)62(33-20-26-40-90)98-81(117)67(46-53(7)8)104-83(119)68(47-54(9)10)101-76(112)60(31-18-24-38-88)94-73(109)58(29-16-22-36-86)96-79(115)65(44-51(3)4)93-57(15)107/h50-56,58-71H,16-49,86-91H2,1-15H3,(H2,92,108)(H,93,107)(H,94,109)(H,95,110)(H,96,115)(H,97,116)(H,98,117)(H,99,120)(H,100,111)(H,101,112)(H,102,113)(H,103,118)(H,104,119)(H,105,114)/t58-,59-,60-,61-,62-,63-,64-,65-,66-,67-,68-,69-,70-,71-/m0/s1. The smallest absolute Gasteiger partial charge is 0.245 e. The summed E-state index contributed by atoms with van der Waals surface area (Å²) in [5, 5.41) is 36.6. The van der Waals surface area contributed by atoms with Gasteiger partial charge in [0.2, 0.25) is 88.6 Å². The molecule has 36 heteroatoms. The van der Waals surface area contributed by atoms with Gasteiger partial charge >= 0.3 is 0 Å². The molecule has 0 saturated carbocycles. The van der Waals surface area contributed by atoms with Gasteiger partial charge in [-0.05, 0) is 254 Å². The topological polar surface area (TPSA) is 598 Å². The van der Waals surface area contributed by atoms with Crippen LogP contribution in [0.3, 0.4) is 0 Å². The predicted molar refractivity (Wildman–Crippen MR) is 468 cm³/mol. The van der Waals surface area contributed by atoms with Crippen molar-refractivity contribution in [2.75, 3.05) is 45.8 Å². The van der Waals surface area contributed by atoms with Crippen molar-refractivity contribution < 1.29 is 71.9 Å². The van der Waals surface area contributed by atoms with Crippen molar-refractivity contribution in [1.29, 1.82) is 0 Å². The number of carbonyl (C=O) groups is 15. The molecule has 0 spiro atoms. The van der Waals surface area contributed by atoms with Gasteiger partial charge in [-0.25, -0.2) is 0 Å². The van der Waals surface area contributed by atoms with Crippen LogP contribution in [0.2, 0.25) is 0 Å². The van der Waals surface area contributed by atoms with Gasteiger partial charge in [-0.15, -0.1) is 0 Å². The molecule has 1 heterocycles. The van der Waals surface area contributed by atoms with Gasteiger partial charge < -0.3 is 114 Å². The number of hydrogen-bond donors (Lipinski definition) is 20. The van der Waals surface area contributed by atoms with E-state index < -0.39 is 173 Å². The van der Waals surface area contributed by atoms with Crippen molar-refractivity contribution in [3.8, 4) is 0 Å². The maximum Gasteiger partial charge on any atom is 0.245 e. The van der Waals surface area contributed by atoms with E-state index in [0.29, 0.717) is 103 Å². The molecule has 0 unspecified atom stereocenters. The van der Waals surface area contributed by atoms with Gasteiger partial charge in [-0.3, -0.25) is 71.9 Å². The van der Waals surface area contributed by atoms with E-state index in [0.717, 1.165) is 0 Å². The average molecular weight is 1720 g/mol. The van der Waals surface area contributed by atoms with Crippen LogP contribution in [-0.2, 0) is 71.9 Å². The number of nitrogens with two attached hydrogens (primary N) is 7. The summed E-state index contributed by atoms with van der Waals surface area (Å²) in [6, 6.07) is -16.6. The Kier molecular flexibility index (Phi) is 56.0. The quantitative estimate of drug-likeness (QED) is 0.0376. The predicted octanol–water partition coefficient (Wildman–Crippen LogP) is 0.882. The third kappa shape index (κ3) is 45.7. The Morgan fingerprint density at radius 1 is 0.264 bits per heavy atom. The van der Waals surface area contributed by atoms with E-state index in [1.807, 2.05) is 96.9 Å². The number of unbranched alkanes of at least 4 members (excludes halogenated alkanes) is 6. The summed E-state index contributed by atoms with van der Waals surface area (Å²) < 4.78 is 0. The number of carbonyl (C=O) groups excluding carboxylic acids is 15. The van der Waals surface area contributed by atoms with Crippen LogP contribution < -0.4 is 109 Å². The molecule has 27 N–H and O–H groups in total. The number of rotatable bonds is 65. The molecule has 36 nitrogen and oxygen atoms in total. The number of nitrogens with one attached hydrogen (secondary N) is 13. The second-order valence-electron chi connectivity index (χ2n) is 35.7. The van der Waals surface area contributed by atoms with Gasteiger partial charge in [0.05, 0.1) is 0 Å². The Labute approximate surface area is 720 Å². The summed E-state index contributed by atoms with van der Waals surface area (Å²) in [6.45, 7) is 29.0. The van der Waals surface area contributed by atoms with Crippen LogP contribution in [0.5, 0.6) is 0 Å². The molecule has 1 fully saturated rings. The van der Waals surface area contributed by atoms with Crippen LogP contribution in [0.1, 0.15) is 277 Å². The van der Waals surface area contributed by atoms with Crippen molar-refractivity contribution in [3.63, 3.8) is 0 Å². The van der Waals surface area contributed by atoms with Crippen LogP contribution in [0, 0.1) is 41.4 Å². The molecule has 696 valence electrons. The van der Waals surface area contributed by atoms with Crippen molar-refractivity contribution in [3.05, 3.63) is 0 Å². The molecule has 1 rings (SSSR count). The van der Waals surface area contributed by atoms with Gasteiger partial charge in [0.25, 0.3) is 0 Å². The normalized spacial score (nSPS) is 16.1. The zero-order chi connectivity index (χ0) is 91.6. The summed E-state index contributed by atoms with van der Waals surface area (Å²) in [7, 11) is 0. The Morgan fingerprint density at radius 3 is 0.678 bits per heavy atom. The lowest BCUT2D eigenvalue weighted by Crippen LogP contribution is -2.61. The van der Waals surface area contributed by atoms with Gasteiger partial charge in [0.1, 0.15) is 84.6 Å². The number of hydrogen-bond acceptors (Lipinski definition) is 21. The van der Waals surface area contributed by atoms with Gasteiger partial charge in [-0.2, -0.15) is 0 Å². The first-order chi connectivity index (χ1) is 57.1. The highest BCUT2D eigenvalue weighted by molar-refractivity contribution is 6.00. The van der Waals surface area contributed by atoms with Crippen LogP contribution >= 0.6 is 0 Å². The molecule has 1 aliphatic heterocycles. The van der Waals surface area contributed by atoms with Crippen molar-refractivity contribution >= 4 is 88.6 Å². The molecule has 1 saturated heterocycles. The second kappa shape index (κ2) is 61.2. The highest BCUT2D eigenvalue weighted by Crippen LogP contribution is 2.23. The second-order valence-corrected chi connectivity index (χ2v) is 35.7. The third-order valence-electron chi connectivity index (χ3n) is 20.8. The lowest BCUT2D eigenvalue weighted by atomic mass is 9.98. The van der Waals surface area contributed by atoms with Crippen LogP contribution in [0.4, 0.5) is 0 Å². The van der Waals surface area contributed by atoms with Crippen molar-refractivity contribution in [1.82, 2.24) is 74.0 Å². The largest absolute Gasteiger partial charge is 0.368 e. The number of nitrogens with zero attached hydrogens (tertiary/aromatic N) is 1. The van der Waals surface area contributed by atoms with Crippen LogP contribution in [-0.4, -0.2) is 224 Å². The van der Waals surface area contributed by atoms with E-state index in [9.17, 15) is 67.1 Å². The zero-order valence-electron chi connectivity index (χ0n) is 75.8. The van der Waals surface area contributed by atoms with Crippen molar-refractivity contribution in [2.45, 2.75) is 362 Å². The molecule has 0 aromatic carbocycles. The monoisotopic (exact) mass is 1720 g/mol. The fourth-order valence-electron chi connectivity index (χ4n) is 14.5. The summed E-state index contributed by atoms with van der Waals surface area (Å²) in [5.74, 6) is -11.0. The Hall–Kier alpha value is -8.19. The Balaban J connectivity index is 3.74. The number of amides is 15. The summed E-state index contributed by atoms with van der Waals surface area (Å²) >= 11 is 0. The lowest BCUT2D eigenvalue weighted by molar-refractivity contribution is -0.143. The van der Waals surface area contributed by atoms with E-state index in [1.54, 1.807) is 0 Å². The summed E-state index contributed by atoms with van der Waals surface area (Å²) in [4.78, 5) is 215. The van der Waals surface area contributed by atoms with Gasteiger partial charge in [0, 0.05) is 13.5 Å². The number of primary amides is 1. The SMILES string of the molecule is CC(=O)N[C@@H](CC(C)C)C(=O)N[C@@H](CCCCN)C(=O)N[C@@H](CCCCN)C(=O)N[C@@H](CC(C)C)C(=O)N[C@@H](CC(C)C)C(=O)N[C@@H](CCCCN)C(=O)N[C@@H](CC(C)C)C(=O)N1CCC[C@H]1C(=O)N[C@@H](CCCCN)C(=O)N[C@@H](CCCCN)C(=O)N[C@@H](CC(C)C)C(=O)N[C@@H](CC(C)C)C(=O)N[C@@H](CCCCN)C(=O)N[C@@H](CC(C)C)C(N)=O. The minimum Gasteiger partial charge on any atom is -0.368 e. The first kappa shape index (κ1) is 111. The first-order valence-electron chi connectivity index (χ1n) is 44.8. The Morgan fingerprint density at radius 2 is 0.455 bits per heavy atom. The highest BCUT2D eigenvalue weighted by Gasteiger charge is 2.42. The number of likely N-dealkylation sites (tertiary alicyclic amines) is 1.